The van der Waals surface area contributed by atoms with Gasteiger partial charge < -0.3 is 15.0 Å². The van der Waals surface area contributed by atoms with E-state index in [9.17, 15) is 4.79 Å². The molecule has 1 aliphatic heterocycles. The summed E-state index contributed by atoms with van der Waals surface area (Å²) in [6.07, 6.45) is 3.62. The van der Waals surface area contributed by atoms with Crippen molar-refractivity contribution in [3.63, 3.8) is 0 Å². The predicted octanol–water partition coefficient (Wildman–Crippen LogP) is 3.28. The van der Waals surface area contributed by atoms with Crippen molar-refractivity contribution in [2.45, 2.75) is 39.2 Å². The van der Waals surface area contributed by atoms with Crippen molar-refractivity contribution in [2.24, 2.45) is 0 Å². The van der Waals surface area contributed by atoms with E-state index in [0.29, 0.717) is 18.2 Å². The van der Waals surface area contributed by atoms with Gasteiger partial charge in [0.15, 0.2) is 0 Å². The summed E-state index contributed by atoms with van der Waals surface area (Å²) < 4.78 is 5.20. The van der Waals surface area contributed by atoms with Crippen LogP contribution < -0.4 is 10.2 Å². The summed E-state index contributed by atoms with van der Waals surface area (Å²) in [5.74, 6) is -0.239. The Morgan fingerprint density at radius 1 is 1.45 bits per heavy atom. The van der Waals surface area contributed by atoms with Crippen LogP contribution in [0.4, 0.5) is 11.4 Å². The van der Waals surface area contributed by atoms with Gasteiger partial charge in [-0.15, -0.1) is 0 Å². The van der Waals surface area contributed by atoms with E-state index in [2.05, 4.69) is 17.1 Å². The Hall–Kier alpha value is -1.71. The summed E-state index contributed by atoms with van der Waals surface area (Å²) in [6, 6.07) is 6.39. The van der Waals surface area contributed by atoms with Crippen molar-refractivity contribution in [2.75, 3.05) is 30.4 Å². The van der Waals surface area contributed by atoms with Crippen LogP contribution in [-0.2, 0) is 4.74 Å². The molecular weight excluding hydrogens is 252 g/mol. The van der Waals surface area contributed by atoms with Gasteiger partial charge in [0, 0.05) is 25.3 Å². The summed E-state index contributed by atoms with van der Waals surface area (Å²) in [5, 5.41) is 3.08. The maximum atomic E-state index is 12.2. The van der Waals surface area contributed by atoms with Crippen LogP contribution in [0.15, 0.2) is 18.2 Å². The number of anilines is 2. The van der Waals surface area contributed by atoms with Gasteiger partial charge >= 0.3 is 5.97 Å². The molecule has 1 aromatic carbocycles. The standard InChI is InChI=1S/C16H24N2O2/c1-4-20-16(19)14-11-13(17-3)8-9-15(14)18-10-6-5-7-12(18)2/h8-9,11-12,17H,4-7,10H2,1-3H3/t12-/m1/s1. The minimum Gasteiger partial charge on any atom is -0.462 e. The van der Waals surface area contributed by atoms with Crippen molar-refractivity contribution in [1.82, 2.24) is 0 Å². The molecule has 0 bridgehead atoms. The highest BCUT2D eigenvalue weighted by atomic mass is 16.5. The molecule has 2 rings (SSSR count). The van der Waals surface area contributed by atoms with Gasteiger partial charge in [0.1, 0.15) is 0 Å². The van der Waals surface area contributed by atoms with Crippen molar-refractivity contribution in [1.29, 1.82) is 0 Å². The van der Waals surface area contributed by atoms with E-state index in [1.807, 2.05) is 32.2 Å². The third kappa shape index (κ3) is 3.06. The summed E-state index contributed by atoms with van der Waals surface area (Å²) in [5.41, 5.74) is 2.59. The maximum Gasteiger partial charge on any atom is 0.340 e. The lowest BCUT2D eigenvalue weighted by Gasteiger charge is -2.36. The van der Waals surface area contributed by atoms with E-state index in [1.165, 1.54) is 19.3 Å². The van der Waals surface area contributed by atoms with Gasteiger partial charge in [0.2, 0.25) is 0 Å². The number of hydrogen-bond donors (Lipinski definition) is 1. The average molecular weight is 276 g/mol. The fraction of sp³-hybridized carbons (Fsp3) is 0.562. The number of carbonyl (C=O) groups is 1. The number of benzene rings is 1. The Labute approximate surface area is 121 Å². The summed E-state index contributed by atoms with van der Waals surface area (Å²) >= 11 is 0. The number of piperidine rings is 1. The first-order valence-corrected chi connectivity index (χ1v) is 7.43. The quantitative estimate of drug-likeness (QED) is 0.857. The molecule has 1 N–H and O–H groups in total. The fourth-order valence-electron chi connectivity index (χ4n) is 2.77. The molecule has 4 nitrogen and oxygen atoms in total. The average Bonchev–Trinajstić information content (AvgIpc) is 2.47. The van der Waals surface area contributed by atoms with Crippen molar-refractivity contribution < 1.29 is 9.53 Å². The summed E-state index contributed by atoms with van der Waals surface area (Å²) in [4.78, 5) is 14.5. The second-order valence-corrected chi connectivity index (χ2v) is 5.24. The van der Waals surface area contributed by atoms with E-state index >= 15 is 0 Å². The lowest BCUT2D eigenvalue weighted by molar-refractivity contribution is 0.0527. The Morgan fingerprint density at radius 2 is 2.25 bits per heavy atom. The molecule has 0 unspecified atom stereocenters. The Morgan fingerprint density at radius 3 is 2.90 bits per heavy atom. The number of rotatable bonds is 4. The maximum absolute atomic E-state index is 12.2. The van der Waals surface area contributed by atoms with Gasteiger partial charge in [-0.3, -0.25) is 0 Å². The van der Waals surface area contributed by atoms with Gasteiger partial charge in [-0.05, 0) is 51.3 Å². The third-order valence-corrected chi connectivity index (χ3v) is 3.89. The number of carbonyl (C=O) groups excluding carboxylic acids is 1. The lowest BCUT2D eigenvalue weighted by Crippen LogP contribution is -2.38. The molecule has 0 spiro atoms. The zero-order valence-corrected chi connectivity index (χ0v) is 12.6. The van der Waals surface area contributed by atoms with E-state index < -0.39 is 0 Å². The topological polar surface area (TPSA) is 41.6 Å². The highest BCUT2D eigenvalue weighted by Crippen LogP contribution is 2.30. The molecule has 0 saturated carbocycles. The number of nitrogens with one attached hydrogen (secondary N) is 1. The highest BCUT2D eigenvalue weighted by Gasteiger charge is 2.24. The monoisotopic (exact) mass is 276 g/mol. The molecule has 1 atom stereocenters. The van der Waals surface area contributed by atoms with Crippen LogP contribution in [0.25, 0.3) is 0 Å². The Kier molecular flexibility index (Phi) is 4.88. The zero-order chi connectivity index (χ0) is 14.5. The molecule has 20 heavy (non-hydrogen) atoms. The van der Waals surface area contributed by atoms with Crippen LogP contribution in [0.1, 0.15) is 43.5 Å². The molecule has 1 saturated heterocycles. The number of nitrogens with zero attached hydrogens (tertiary/aromatic N) is 1. The van der Waals surface area contributed by atoms with Gasteiger partial charge in [0.05, 0.1) is 17.9 Å². The summed E-state index contributed by atoms with van der Waals surface area (Å²) in [7, 11) is 1.85. The van der Waals surface area contributed by atoms with Gasteiger partial charge in [-0.25, -0.2) is 4.79 Å². The minimum atomic E-state index is -0.239. The van der Waals surface area contributed by atoms with Crippen LogP contribution in [0.2, 0.25) is 0 Å². The normalized spacial score (nSPS) is 18.8. The second kappa shape index (κ2) is 6.64. The van der Waals surface area contributed by atoms with Crippen LogP contribution in [0.5, 0.6) is 0 Å². The first-order chi connectivity index (χ1) is 9.67. The number of esters is 1. The van der Waals surface area contributed by atoms with E-state index in [1.54, 1.807) is 0 Å². The fourth-order valence-corrected chi connectivity index (χ4v) is 2.77. The smallest absolute Gasteiger partial charge is 0.340 e. The Bertz CT molecular complexity index is 474. The molecule has 1 heterocycles. The van der Waals surface area contributed by atoms with Crippen LogP contribution in [-0.4, -0.2) is 32.2 Å². The largest absolute Gasteiger partial charge is 0.462 e. The van der Waals surface area contributed by atoms with Crippen molar-refractivity contribution in [3.05, 3.63) is 23.8 Å². The molecule has 1 aromatic rings. The molecule has 0 radical (unpaired) electrons. The van der Waals surface area contributed by atoms with Gasteiger partial charge in [-0.1, -0.05) is 0 Å². The van der Waals surface area contributed by atoms with E-state index in [4.69, 9.17) is 4.74 Å². The highest BCUT2D eigenvalue weighted by molar-refractivity contribution is 5.97. The number of hydrogen-bond acceptors (Lipinski definition) is 4. The van der Waals surface area contributed by atoms with Gasteiger partial charge in [0.25, 0.3) is 0 Å². The molecule has 0 aliphatic carbocycles. The molecule has 0 amide bonds. The molecule has 1 fully saturated rings. The molecule has 0 aromatic heterocycles. The first-order valence-electron chi connectivity index (χ1n) is 7.43. The molecule has 110 valence electrons. The van der Waals surface area contributed by atoms with Crippen LogP contribution in [0, 0.1) is 0 Å². The van der Waals surface area contributed by atoms with E-state index in [-0.39, 0.29) is 5.97 Å². The lowest BCUT2D eigenvalue weighted by atomic mass is 10.0. The zero-order valence-electron chi connectivity index (χ0n) is 12.6. The molecular formula is C16H24N2O2. The first kappa shape index (κ1) is 14.7. The molecule has 1 aliphatic rings. The Balaban J connectivity index is 2.37. The minimum absolute atomic E-state index is 0.239. The van der Waals surface area contributed by atoms with E-state index in [0.717, 1.165) is 17.9 Å². The summed E-state index contributed by atoms with van der Waals surface area (Å²) in [6.45, 7) is 5.47. The number of ether oxygens (including phenoxy) is 1. The van der Waals surface area contributed by atoms with Gasteiger partial charge in [-0.2, -0.15) is 0 Å². The second-order valence-electron chi connectivity index (χ2n) is 5.24. The van der Waals surface area contributed by atoms with Crippen LogP contribution >= 0.6 is 0 Å². The third-order valence-electron chi connectivity index (χ3n) is 3.89. The van der Waals surface area contributed by atoms with Crippen molar-refractivity contribution >= 4 is 17.3 Å². The van der Waals surface area contributed by atoms with Crippen molar-refractivity contribution in [3.8, 4) is 0 Å². The van der Waals surface area contributed by atoms with Crippen LogP contribution in [0.3, 0.4) is 0 Å². The SMILES string of the molecule is CCOC(=O)c1cc(NC)ccc1N1CCCC[C@H]1C. The molecule has 4 heteroatoms. The predicted molar refractivity (Wildman–Crippen MR) is 82.6 cm³/mol.